The zero-order chi connectivity index (χ0) is 25.9. The molecule has 0 aliphatic carbocycles. The Morgan fingerprint density at radius 3 is 1.97 bits per heavy atom. The molecular formula is C30H26N6O2. The standard InChI is InChI=1S/C30H26N6O2/c1-19-26(29-33-24(35-37-29)17-21-11-5-3-6-12-21)28(23-15-9-10-16-31-23)27(20(2)32-19)30-34-25(36-38-30)18-22-13-7-4-8-14-22/h3-16,26,28H,17-18H2,1-2H3. The molecule has 8 heteroatoms. The van der Waals surface area contributed by atoms with Gasteiger partial charge in [0.1, 0.15) is 0 Å². The normalized spacial score (nSPS) is 17.5. The fourth-order valence-corrected chi connectivity index (χ4v) is 4.97. The summed E-state index contributed by atoms with van der Waals surface area (Å²) in [6.45, 7) is 3.94. The zero-order valence-electron chi connectivity index (χ0n) is 21.2. The van der Waals surface area contributed by atoms with Crippen molar-refractivity contribution in [1.82, 2.24) is 25.3 Å². The van der Waals surface area contributed by atoms with Crippen LogP contribution in [0.2, 0.25) is 0 Å². The molecule has 3 aromatic heterocycles. The molecule has 1 aliphatic heterocycles. The van der Waals surface area contributed by atoms with E-state index in [0.29, 0.717) is 36.3 Å². The van der Waals surface area contributed by atoms with Gasteiger partial charge in [0.25, 0.3) is 5.89 Å². The summed E-state index contributed by atoms with van der Waals surface area (Å²) >= 11 is 0. The molecule has 0 bridgehead atoms. The molecule has 5 aromatic rings. The second kappa shape index (κ2) is 10.3. The summed E-state index contributed by atoms with van der Waals surface area (Å²) < 4.78 is 11.7. The third-order valence-corrected chi connectivity index (χ3v) is 6.69. The molecule has 2 unspecified atom stereocenters. The number of nitrogens with zero attached hydrogens (tertiary/aromatic N) is 6. The van der Waals surface area contributed by atoms with Crippen LogP contribution >= 0.6 is 0 Å². The second-order valence-electron chi connectivity index (χ2n) is 9.35. The van der Waals surface area contributed by atoms with E-state index in [0.717, 1.165) is 33.8 Å². The lowest BCUT2D eigenvalue weighted by Crippen LogP contribution is -2.25. The summed E-state index contributed by atoms with van der Waals surface area (Å²) in [4.78, 5) is 19.1. The number of rotatable bonds is 7. The van der Waals surface area contributed by atoms with Gasteiger partial charge in [-0.2, -0.15) is 9.97 Å². The number of aromatic nitrogens is 5. The van der Waals surface area contributed by atoms with Gasteiger partial charge in [-0.3, -0.25) is 9.98 Å². The molecule has 8 nitrogen and oxygen atoms in total. The predicted molar refractivity (Wildman–Crippen MR) is 143 cm³/mol. The molecule has 0 N–H and O–H groups in total. The van der Waals surface area contributed by atoms with Crippen LogP contribution in [0.4, 0.5) is 0 Å². The van der Waals surface area contributed by atoms with Gasteiger partial charge >= 0.3 is 0 Å². The van der Waals surface area contributed by atoms with Crippen molar-refractivity contribution in [2.45, 2.75) is 38.5 Å². The van der Waals surface area contributed by atoms with Gasteiger partial charge in [0.05, 0.1) is 11.8 Å². The summed E-state index contributed by atoms with van der Waals surface area (Å²) in [5, 5.41) is 8.56. The topological polar surface area (TPSA) is 103 Å². The predicted octanol–water partition coefficient (Wildman–Crippen LogP) is 5.80. The smallest absolute Gasteiger partial charge is 0.256 e. The molecule has 2 aromatic carbocycles. The van der Waals surface area contributed by atoms with Gasteiger partial charge in [-0.25, -0.2) is 0 Å². The highest BCUT2D eigenvalue weighted by molar-refractivity contribution is 5.95. The van der Waals surface area contributed by atoms with Crippen molar-refractivity contribution >= 4 is 11.3 Å². The third kappa shape index (κ3) is 4.80. The lowest BCUT2D eigenvalue weighted by Gasteiger charge is -2.29. The average Bonchev–Trinajstić information content (AvgIpc) is 3.59. The fraction of sp³-hybridized carbons (Fsp3) is 0.200. The molecule has 0 saturated heterocycles. The van der Waals surface area contributed by atoms with Crippen LogP contribution in [0.1, 0.15) is 65.9 Å². The number of hydrogen-bond donors (Lipinski definition) is 0. The third-order valence-electron chi connectivity index (χ3n) is 6.69. The molecule has 1 aliphatic rings. The Balaban J connectivity index is 1.38. The minimum atomic E-state index is -0.329. The first kappa shape index (κ1) is 23.7. The maximum Gasteiger partial charge on any atom is 0.256 e. The van der Waals surface area contributed by atoms with Crippen LogP contribution in [-0.4, -0.2) is 31.0 Å². The lowest BCUT2D eigenvalue weighted by atomic mass is 9.77. The van der Waals surface area contributed by atoms with E-state index in [9.17, 15) is 0 Å². The van der Waals surface area contributed by atoms with Crippen molar-refractivity contribution in [3.05, 3.63) is 131 Å². The van der Waals surface area contributed by atoms with E-state index in [1.165, 1.54) is 0 Å². The number of pyridine rings is 1. The van der Waals surface area contributed by atoms with Gasteiger partial charge in [-0.05, 0) is 37.1 Å². The molecule has 0 amide bonds. The Morgan fingerprint density at radius 1 is 0.684 bits per heavy atom. The first-order valence-electron chi connectivity index (χ1n) is 12.6. The van der Waals surface area contributed by atoms with E-state index >= 15 is 0 Å². The Labute approximate surface area is 220 Å². The Bertz CT molecular complexity index is 1590. The van der Waals surface area contributed by atoms with Crippen LogP contribution in [-0.2, 0) is 12.8 Å². The summed E-state index contributed by atoms with van der Waals surface area (Å²) in [5.41, 5.74) is 5.54. The number of allylic oxidation sites excluding steroid dienone is 2. The largest absolute Gasteiger partial charge is 0.339 e. The first-order chi connectivity index (χ1) is 18.7. The van der Waals surface area contributed by atoms with Gasteiger partial charge in [0, 0.05) is 41.7 Å². The van der Waals surface area contributed by atoms with Gasteiger partial charge < -0.3 is 9.05 Å². The van der Waals surface area contributed by atoms with Crippen molar-refractivity contribution in [3.8, 4) is 0 Å². The zero-order valence-corrected chi connectivity index (χ0v) is 21.2. The number of benzene rings is 2. The summed E-state index contributed by atoms with van der Waals surface area (Å²) in [5.74, 6) is 1.52. The highest BCUT2D eigenvalue weighted by Gasteiger charge is 2.41. The SMILES string of the molecule is CC1=NC(C)=C(c2nc(Cc3ccccc3)no2)C(c2ccccn2)C1c1nc(Cc2ccccc2)no1. The summed E-state index contributed by atoms with van der Waals surface area (Å²) in [7, 11) is 0. The molecule has 4 heterocycles. The second-order valence-corrected chi connectivity index (χ2v) is 9.35. The highest BCUT2D eigenvalue weighted by Crippen LogP contribution is 2.46. The van der Waals surface area contributed by atoms with Crippen LogP contribution in [0.15, 0.2) is 105 Å². The van der Waals surface area contributed by atoms with Gasteiger partial charge in [0.2, 0.25) is 5.89 Å². The minimum Gasteiger partial charge on any atom is -0.339 e. The summed E-state index contributed by atoms with van der Waals surface area (Å²) in [6.07, 6.45) is 2.93. The maximum absolute atomic E-state index is 5.84. The fourth-order valence-electron chi connectivity index (χ4n) is 4.97. The Morgan fingerprint density at radius 2 is 1.32 bits per heavy atom. The molecule has 2 atom stereocenters. The van der Waals surface area contributed by atoms with Crippen LogP contribution < -0.4 is 0 Å². The molecule has 0 radical (unpaired) electrons. The minimum absolute atomic E-state index is 0.288. The maximum atomic E-state index is 5.84. The first-order valence-corrected chi connectivity index (χ1v) is 12.6. The van der Waals surface area contributed by atoms with Crippen molar-refractivity contribution in [3.63, 3.8) is 0 Å². The lowest BCUT2D eigenvalue weighted by molar-refractivity contribution is 0.358. The number of hydrogen-bond acceptors (Lipinski definition) is 8. The van der Waals surface area contributed by atoms with Crippen molar-refractivity contribution in [2.75, 3.05) is 0 Å². The monoisotopic (exact) mass is 502 g/mol. The van der Waals surface area contributed by atoms with Crippen LogP contribution in [0.3, 0.4) is 0 Å². The van der Waals surface area contributed by atoms with Crippen LogP contribution in [0, 0.1) is 0 Å². The average molecular weight is 503 g/mol. The molecular weight excluding hydrogens is 476 g/mol. The molecule has 0 spiro atoms. The Hall–Kier alpha value is -4.72. The molecule has 38 heavy (non-hydrogen) atoms. The quantitative estimate of drug-likeness (QED) is 0.277. The molecule has 0 fully saturated rings. The van der Waals surface area contributed by atoms with E-state index in [1.807, 2.05) is 92.7 Å². The van der Waals surface area contributed by atoms with E-state index in [4.69, 9.17) is 29.0 Å². The van der Waals surface area contributed by atoms with Gasteiger partial charge in [0.15, 0.2) is 11.6 Å². The highest BCUT2D eigenvalue weighted by atomic mass is 16.5. The molecule has 6 rings (SSSR count). The van der Waals surface area contributed by atoms with Crippen LogP contribution in [0.25, 0.3) is 5.57 Å². The van der Waals surface area contributed by atoms with E-state index < -0.39 is 0 Å². The molecule has 188 valence electrons. The Kier molecular flexibility index (Phi) is 6.44. The molecule has 0 saturated carbocycles. The van der Waals surface area contributed by atoms with Gasteiger partial charge in [-0.15, -0.1) is 0 Å². The summed E-state index contributed by atoms with van der Waals surface area (Å²) in [6, 6.07) is 26.0. The number of aliphatic imine (C=N–C) groups is 1. The van der Waals surface area contributed by atoms with Gasteiger partial charge in [-0.1, -0.05) is 77.0 Å². The van der Waals surface area contributed by atoms with Crippen molar-refractivity contribution < 1.29 is 9.05 Å². The van der Waals surface area contributed by atoms with Crippen LogP contribution in [0.5, 0.6) is 0 Å². The van der Waals surface area contributed by atoms with E-state index in [-0.39, 0.29) is 11.8 Å². The van der Waals surface area contributed by atoms with E-state index in [2.05, 4.69) is 10.3 Å². The van der Waals surface area contributed by atoms with E-state index in [1.54, 1.807) is 6.20 Å². The van der Waals surface area contributed by atoms with Crippen molar-refractivity contribution in [2.24, 2.45) is 4.99 Å². The van der Waals surface area contributed by atoms with Crippen molar-refractivity contribution in [1.29, 1.82) is 0 Å².